The van der Waals surface area contributed by atoms with E-state index in [0.717, 1.165) is 0 Å². The number of allylic oxidation sites excluding steroid dienone is 3. The van der Waals surface area contributed by atoms with Gasteiger partial charge >= 0.3 is 5.97 Å². The summed E-state index contributed by atoms with van der Waals surface area (Å²) < 4.78 is 36.4. The van der Waals surface area contributed by atoms with Crippen molar-refractivity contribution in [3.63, 3.8) is 0 Å². The van der Waals surface area contributed by atoms with Crippen molar-refractivity contribution in [2.45, 2.75) is 11.8 Å². The molecule has 1 aromatic rings. The number of ether oxygens (including phenoxy) is 2. The zero-order valence-electron chi connectivity index (χ0n) is 15.0. The predicted octanol–water partition coefficient (Wildman–Crippen LogP) is 1.32. The van der Waals surface area contributed by atoms with E-state index in [1.165, 1.54) is 40.7 Å². The highest BCUT2D eigenvalue weighted by molar-refractivity contribution is 7.89. The number of amides is 1. The third kappa shape index (κ3) is 6.31. The van der Waals surface area contributed by atoms with Crippen LogP contribution in [0.15, 0.2) is 53.5 Å². The molecule has 27 heavy (non-hydrogen) atoms. The molecule has 0 saturated carbocycles. The minimum atomic E-state index is -3.58. The van der Waals surface area contributed by atoms with Gasteiger partial charge in [-0.05, 0) is 31.2 Å². The first-order chi connectivity index (χ1) is 12.9. The minimum absolute atomic E-state index is 0.142. The van der Waals surface area contributed by atoms with Crippen molar-refractivity contribution in [1.82, 2.24) is 4.31 Å². The summed E-state index contributed by atoms with van der Waals surface area (Å²) in [6.45, 7) is 2.74. The van der Waals surface area contributed by atoms with Crippen molar-refractivity contribution in [1.29, 1.82) is 0 Å². The number of hydrogen-bond donors (Lipinski definition) is 1. The molecule has 0 aromatic heterocycles. The molecular weight excluding hydrogens is 372 g/mol. The lowest BCUT2D eigenvalue weighted by atomic mass is 10.3. The van der Waals surface area contributed by atoms with Gasteiger partial charge in [-0.15, -0.1) is 0 Å². The molecular formula is C18H22N2O6S. The molecule has 0 aliphatic carbocycles. The van der Waals surface area contributed by atoms with Crippen LogP contribution in [0.25, 0.3) is 0 Å². The fraction of sp³-hybridized carbons (Fsp3) is 0.333. The second kappa shape index (κ2) is 10.0. The number of carbonyl (C=O) groups excluding carboxylic acids is 2. The van der Waals surface area contributed by atoms with Crippen LogP contribution in [0.1, 0.15) is 6.92 Å². The van der Waals surface area contributed by atoms with Crippen molar-refractivity contribution < 1.29 is 27.5 Å². The van der Waals surface area contributed by atoms with Gasteiger partial charge in [-0.2, -0.15) is 4.31 Å². The highest BCUT2D eigenvalue weighted by Gasteiger charge is 2.26. The fourth-order valence-electron chi connectivity index (χ4n) is 2.27. The maximum atomic E-state index is 12.5. The standard InChI is InChI=1S/C18H22N2O6S/c1-2-3-4-5-18(22)26-14-17(21)19-15-6-8-16(9-7-15)27(23,24)20-10-12-25-13-11-20/h2-9H,10-14H2,1H3,(H,19,21). The molecule has 8 nitrogen and oxygen atoms in total. The van der Waals surface area contributed by atoms with Crippen LogP contribution in [0.3, 0.4) is 0 Å². The Balaban J connectivity index is 1.89. The second-order valence-electron chi connectivity index (χ2n) is 5.58. The first-order valence-corrected chi connectivity index (χ1v) is 9.81. The SMILES string of the molecule is CC=CC=CC(=O)OCC(=O)Nc1ccc(S(=O)(=O)N2CCOCC2)cc1. The number of anilines is 1. The summed E-state index contributed by atoms with van der Waals surface area (Å²) >= 11 is 0. The Morgan fingerprint density at radius 1 is 1.19 bits per heavy atom. The predicted molar refractivity (Wildman–Crippen MR) is 99.6 cm³/mol. The third-order valence-corrected chi connectivity index (χ3v) is 5.54. The number of carbonyl (C=O) groups is 2. The molecule has 1 aromatic carbocycles. The Kier molecular flexibility index (Phi) is 7.71. The monoisotopic (exact) mass is 394 g/mol. The van der Waals surface area contributed by atoms with Crippen molar-refractivity contribution in [2.75, 3.05) is 38.2 Å². The largest absolute Gasteiger partial charge is 0.452 e. The molecule has 0 atom stereocenters. The molecule has 0 bridgehead atoms. The zero-order chi connectivity index (χ0) is 19.7. The first-order valence-electron chi connectivity index (χ1n) is 8.37. The van der Waals surface area contributed by atoms with Gasteiger partial charge in [-0.1, -0.05) is 18.2 Å². The van der Waals surface area contributed by atoms with Gasteiger partial charge in [-0.3, -0.25) is 4.79 Å². The Hall–Kier alpha value is -2.49. The Bertz CT molecular complexity index is 809. The molecule has 0 radical (unpaired) electrons. The van der Waals surface area contributed by atoms with E-state index in [-0.39, 0.29) is 4.90 Å². The number of benzene rings is 1. The molecule has 1 N–H and O–H groups in total. The average molecular weight is 394 g/mol. The third-order valence-electron chi connectivity index (χ3n) is 3.63. The van der Waals surface area contributed by atoms with Gasteiger partial charge in [0.05, 0.1) is 18.1 Å². The number of sulfonamides is 1. The van der Waals surface area contributed by atoms with Crippen LogP contribution >= 0.6 is 0 Å². The smallest absolute Gasteiger partial charge is 0.331 e. The fourth-order valence-corrected chi connectivity index (χ4v) is 3.68. The Morgan fingerprint density at radius 3 is 2.48 bits per heavy atom. The van der Waals surface area contributed by atoms with Crippen LogP contribution in [-0.2, 0) is 29.1 Å². The van der Waals surface area contributed by atoms with E-state index in [2.05, 4.69) is 5.32 Å². The summed E-state index contributed by atoms with van der Waals surface area (Å²) in [5, 5.41) is 2.54. The van der Waals surface area contributed by atoms with Gasteiger partial charge in [0.15, 0.2) is 6.61 Å². The first kappa shape index (κ1) is 20.8. The maximum absolute atomic E-state index is 12.5. The summed E-state index contributed by atoms with van der Waals surface area (Å²) in [7, 11) is -3.58. The van der Waals surface area contributed by atoms with Crippen molar-refractivity contribution in [3.8, 4) is 0 Å². The van der Waals surface area contributed by atoms with Crippen LogP contribution in [0.5, 0.6) is 0 Å². The van der Waals surface area contributed by atoms with E-state index in [1.54, 1.807) is 19.1 Å². The Labute approximate surface area is 158 Å². The maximum Gasteiger partial charge on any atom is 0.331 e. The molecule has 1 amide bonds. The molecule has 9 heteroatoms. The molecule has 1 fully saturated rings. The summed E-state index contributed by atoms with van der Waals surface area (Å²) in [6, 6.07) is 5.82. The minimum Gasteiger partial charge on any atom is -0.452 e. The van der Waals surface area contributed by atoms with Gasteiger partial charge in [0, 0.05) is 24.9 Å². The summed E-state index contributed by atoms with van der Waals surface area (Å²) in [6.07, 6.45) is 6.12. The van der Waals surface area contributed by atoms with Gasteiger partial charge in [0.25, 0.3) is 5.91 Å². The van der Waals surface area contributed by atoms with Crippen LogP contribution in [0.2, 0.25) is 0 Å². The number of rotatable bonds is 7. The van der Waals surface area contributed by atoms with Gasteiger partial charge in [-0.25, -0.2) is 13.2 Å². The number of esters is 1. The lowest BCUT2D eigenvalue weighted by Gasteiger charge is -2.26. The van der Waals surface area contributed by atoms with Crippen LogP contribution < -0.4 is 5.32 Å². The normalized spacial score (nSPS) is 15.9. The van der Waals surface area contributed by atoms with Gasteiger partial charge in [0.2, 0.25) is 10.0 Å². The quantitative estimate of drug-likeness (QED) is 0.425. The molecule has 1 aliphatic rings. The molecule has 1 saturated heterocycles. The highest BCUT2D eigenvalue weighted by Crippen LogP contribution is 2.19. The average Bonchev–Trinajstić information content (AvgIpc) is 2.68. The Morgan fingerprint density at radius 2 is 1.85 bits per heavy atom. The number of hydrogen-bond acceptors (Lipinski definition) is 6. The van der Waals surface area contributed by atoms with Crippen molar-refractivity contribution in [2.24, 2.45) is 0 Å². The van der Waals surface area contributed by atoms with Gasteiger partial charge in [0.1, 0.15) is 0 Å². The summed E-state index contributed by atoms with van der Waals surface area (Å²) in [5.74, 6) is -1.15. The molecule has 0 unspecified atom stereocenters. The van der Waals surface area contributed by atoms with E-state index in [1.807, 2.05) is 0 Å². The molecule has 1 heterocycles. The zero-order valence-corrected chi connectivity index (χ0v) is 15.8. The molecule has 1 aliphatic heterocycles. The van der Waals surface area contributed by atoms with E-state index in [0.29, 0.717) is 32.0 Å². The number of nitrogens with one attached hydrogen (secondary N) is 1. The molecule has 146 valence electrons. The number of morpholine rings is 1. The van der Waals surface area contributed by atoms with Crippen LogP contribution in [0.4, 0.5) is 5.69 Å². The number of nitrogens with zero attached hydrogens (tertiary/aromatic N) is 1. The van der Waals surface area contributed by atoms with Crippen molar-refractivity contribution in [3.05, 3.63) is 48.6 Å². The van der Waals surface area contributed by atoms with E-state index in [9.17, 15) is 18.0 Å². The van der Waals surface area contributed by atoms with Crippen LogP contribution in [0, 0.1) is 0 Å². The van der Waals surface area contributed by atoms with Gasteiger partial charge < -0.3 is 14.8 Å². The van der Waals surface area contributed by atoms with E-state index < -0.39 is 28.5 Å². The van der Waals surface area contributed by atoms with Crippen molar-refractivity contribution >= 4 is 27.6 Å². The van der Waals surface area contributed by atoms with E-state index >= 15 is 0 Å². The lowest BCUT2D eigenvalue weighted by Crippen LogP contribution is -2.40. The molecule has 2 rings (SSSR count). The topological polar surface area (TPSA) is 102 Å². The van der Waals surface area contributed by atoms with Crippen LogP contribution in [-0.4, -0.2) is 57.5 Å². The molecule has 0 spiro atoms. The van der Waals surface area contributed by atoms with E-state index in [4.69, 9.17) is 9.47 Å². The second-order valence-corrected chi connectivity index (χ2v) is 7.52. The summed E-state index contributed by atoms with van der Waals surface area (Å²) in [5.41, 5.74) is 0.404. The summed E-state index contributed by atoms with van der Waals surface area (Å²) in [4.78, 5) is 23.3. The highest BCUT2D eigenvalue weighted by atomic mass is 32.2. The lowest BCUT2D eigenvalue weighted by molar-refractivity contribution is -0.142.